The van der Waals surface area contributed by atoms with Crippen LogP contribution in [0, 0.1) is 0 Å². The Labute approximate surface area is 167 Å². The number of hydrogen-bond acceptors (Lipinski definition) is 5. The molecular formula is C21H32N6O. The number of hydrogen-bond donors (Lipinski definition) is 2. The Morgan fingerprint density at radius 2 is 1.89 bits per heavy atom. The van der Waals surface area contributed by atoms with Gasteiger partial charge in [-0.1, -0.05) is 20.8 Å². The highest BCUT2D eigenvalue weighted by atomic mass is 16.4. The molecule has 0 aromatic carbocycles. The molecule has 2 aromatic rings. The number of rotatable bonds is 5. The van der Waals surface area contributed by atoms with Crippen LogP contribution >= 0.6 is 0 Å². The number of anilines is 1. The molecule has 0 radical (unpaired) electrons. The summed E-state index contributed by atoms with van der Waals surface area (Å²) in [7, 11) is 1.76. The molecule has 0 saturated carbocycles. The lowest BCUT2D eigenvalue weighted by atomic mass is 9.94. The van der Waals surface area contributed by atoms with Gasteiger partial charge in [0.1, 0.15) is 11.6 Å². The number of piperidine rings is 1. The smallest absolute Gasteiger partial charge is 0.213 e. The van der Waals surface area contributed by atoms with Gasteiger partial charge in [0.25, 0.3) is 0 Å². The van der Waals surface area contributed by atoms with Crippen LogP contribution in [0.2, 0.25) is 0 Å². The summed E-state index contributed by atoms with van der Waals surface area (Å²) in [6, 6.07) is 4.20. The first-order valence-electron chi connectivity index (χ1n) is 10.1. The van der Waals surface area contributed by atoms with E-state index in [0.717, 1.165) is 24.7 Å². The van der Waals surface area contributed by atoms with Gasteiger partial charge in [0, 0.05) is 38.3 Å². The molecule has 1 fully saturated rings. The van der Waals surface area contributed by atoms with Crippen LogP contribution < -0.4 is 15.5 Å². The van der Waals surface area contributed by atoms with E-state index in [4.69, 9.17) is 4.42 Å². The minimum atomic E-state index is -0.0431. The second-order valence-corrected chi connectivity index (χ2v) is 8.22. The lowest BCUT2D eigenvalue weighted by Gasteiger charge is -2.28. The largest absolute Gasteiger partial charge is 0.443 e. The molecule has 1 aliphatic rings. The lowest BCUT2D eigenvalue weighted by molar-refractivity contribution is 0.379. The van der Waals surface area contributed by atoms with E-state index >= 15 is 0 Å². The lowest BCUT2D eigenvalue weighted by Crippen LogP contribution is -2.36. The maximum atomic E-state index is 5.82. The molecule has 0 aliphatic carbocycles. The molecule has 2 aromatic heterocycles. The number of guanidine groups is 1. The first kappa shape index (κ1) is 20.2. The molecule has 0 spiro atoms. The van der Waals surface area contributed by atoms with Crippen molar-refractivity contribution in [3.63, 3.8) is 0 Å². The molecule has 1 saturated heterocycles. The van der Waals surface area contributed by atoms with Crippen LogP contribution in [0.5, 0.6) is 0 Å². The molecule has 28 heavy (non-hydrogen) atoms. The monoisotopic (exact) mass is 384 g/mol. The Hall–Kier alpha value is -2.57. The maximum absolute atomic E-state index is 5.82. The van der Waals surface area contributed by atoms with E-state index < -0.39 is 0 Å². The number of aliphatic imine (C=N–C) groups is 1. The molecule has 0 atom stereocenters. The minimum absolute atomic E-state index is 0.0431. The Bertz CT molecular complexity index is 786. The van der Waals surface area contributed by atoms with Gasteiger partial charge in [-0.05, 0) is 37.0 Å². The minimum Gasteiger partial charge on any atom is -0.443 e. The van der Waals surface area contributed by atoms with E-state index in [2.05, 4.69) is 57.3 Å². The Kier molecular flexibility index (Phi) is 6.54. The average Bonchev–Trinajstić information content (AvgIpc) is 3.19. The predicted molar refractivity (Wildman–Crippen MR) is 113 cm³/mol. The fourth-order valence-electron chi connectivity index (χ4n) is 3.17. The molecule has 3 rings (SSSR count). The van der Waals surface area contributed by atoms with Gasteiger partial charge in [-0.2, -0.15) is 0 Å². The number of nitrogens with zero attached hydrogens (tertiary/aromatic N) is 4. The molecule has 7 nitrogen and oxygen atoms in total. The summed E-state index contributed by atoms with van der Waals surface area (Å²) in [6.45, 7) is 9.70. The first-order valence-corrected chi connectivity index (χ1v) is 10.1. The molecule has 7 heteroatoms. The third kappa shape index (κ3) is 5.47. The molecule has 1 aliphatic heterocycles. The van der Waals surface area contributed by atoms with E-state index in [1.54, 1.807) is 13.2 Å². The van der Waals surface area contributed by atoms with Gasteiger partial charge in [-0.25, -0.2) is 9.97 Å². The van der Waals surface area contributed by atoms with Crippen molar-refractivity contribution in [2.45, 2.75) is 58.5 Å². The molecule has 2 N–H and O–H groups in total. The van der Waals surface area contributed by atoms with E-state index in [9.17, 15) is 0 Å². The number of pyridine rings is 1. The quantitative estimate of drug-likeness (QED) is 0.609. The summed E-state index contributed by atoms with van der Waals surface area (Å²) < 4.78 is 5.82. The predicted octanol–water partition coefficient (Wildman–Crippen LogP) is 3.22. The zero-order valence-corrected chi connectivity index (χ0v) is 17.5. The van der Waals surface area contributed by atoms with Gasteiger partial charge >= 0.3 is 0 Å². The zero-order valence-electron chi connectivity index (χ0n) is 17.5. The summed E-state index contributed by atoms with van der Waals surface area (Å²) in [5.41, 5.74) is 1.14. The van der Waals surface area contributed by atoms with Gasteiger partial charge in [0.2, 0.25) is 5.89 Å². The highest BCUT2D eigenvalue weighted by Crippen LogP contribution is 2.22. The van der Waals surface area contributed by atoms with E-state index in [1.807, 2.05) is 12.3 Å². The summed E-state index contributed by atoms with van der Waals surface area (Å²) in [5, 5.41) is 6.60. The van der Waals surface area contributed by atoms with Crippen molar-refractivity contribution in [3.05, 3.63) is 41.7 Å². The van der Waals surface area contributed by atoms with E-state index in [0.29, 0.717) is 24.9 Å². The second-order valence-electron chi connectivity index (χ2n) is 8.22. The van der Waals surface area contributed by atoms with Crippen LogP contribution in [0.1, 0.15) is 57.2 Å². The normalized spacial score (nSPS) is 15.6. The Morgan fingerprint density at radius 3 is 2.57 bits per heavy atom. The van der Waals surface area contributed by atoms with Crippen LogP contribution in [0.15, 0.2) is 33.9 Å². The van der Waals surface area contributed by atoms with Crippen molar-refractivity contribution in [1.82, 2.24) is 20.6 Å². The third-order valence-electron chi connectivity index (χ3n) is 4.87. The molecule has 0 amide bonds. The molecule has 152 valence electrons. The van der Waals surface area contributed by atoms with Crippen LogP contribution in [-0.2, 0) is 18.5 Å². The van der Waals surface area contributed by atoms with Crippen LogP contribution in [0.3, 0.4) is 0 Å². The Morgan fingerprint density at radius 1 is 1.14 bits per heavy atom. The topological polar surface area (TPSA) is 78.6 Å². The first-order chi connectivity index (χ1) is 13.5. The molecule has 3 heterocycles. The molecule has 0 bridgehead atoms. The van der Waals surface area contributed by atoms with Crippen LogP contribution in [0.4, 0.5) is 5.82 Å². The van der Waals surface area contributed by atoms with Gasteiger partial charge in [0.15, 0.2) is 5.96 Å². The third-order valence-corrected chi connectivity index (χ3v) is 4.87. The number of aromatic nitrogens is 2. The van der Waals surface area contributed by atoms with Gasteiger partial charge in [0.05, 0.1) is 12.7 Å². The van der Waals surface area contributed by atoms with Crippen LogP contribution in [0.25, 0.3) is 0 Å². The standard InChI is InChI=1S/C21H32N6O/c1-21(2,3)17-14-24-19(28-17)15-26-20(22-4)25-13-16-8-9-23-18(12-16)27-10-6-5-7-11-27/h8-9,12,14H,5-7,10-11,13,15H2,1-4H3,(H2,22,25,26). The van der Waals surface area contributed by atoms with Gasteiger partial charge in [-0.15, -0.1) is 0 Å². The molecule has 0 unspecified atom stereocenters. The fraction of sp³-hybridized carbons (Fsp3) is 0.571. The summed E-state index contributed by atoms with van der Waals surface area (Å²) in [4.78, 5) is 15.5. The van der Waals surface area contributed by atoms with Crippen LogP contribution in [-0.4, -0.2) is 36.1 Å². The average molecular weight is 385 g/mol. The number of nitrogens with one attached hydrogen (secondary N) is 2. The van der Waals surface area contributed by atoms with Crippen molar-refractivity contribution in [1.29, 1.82) is 0 Å². The SMILES string of the molecule is CN=C(NCc1ccnc(N2CCCCC2)c1)NCc1ncc(C(C)(C)C)o1. The summed E-state index contributed by atoms with van der Waals surface area (Å²) in [5.74, 6) is 3.32. The fourth-order valence-corrected chi connectivity index (χ4v) is 3.17. The highest BCUT2D eigenvalue weighted by Gasteiger charge is 2.19. The van der Waals surface area contributed by atoms with Gasteiger partial charge in [-0.3, -0.25) is 4.99 Å². The zero-order chi connectivity index (χ0) is 20.0. The van der Waals surface area contributed by atoms with Gasteiger partial charge < -0.3 is 20.0 Å². The summed E-state index contributed by atoms with van der Waals surface area (Å²) >= 11 is 0. The molecular weight excluding hydrogens is 352 g/mol. The number of oxazole rings is 1. The van der Waals surface area contributed by atoms with Crippen molar-refractivity contribution < 1.29 is 4.42 Å². The van der Waals surface area contributed by atoms with Crippen molar-refractivity contribution >= 4 is 11.8 Å². The van der Waals surface area contributed by atoms with Crippen molar-refractivity contribution in [2.24, 2.45) is 4.99 Å². The van der Waals surface area contributed by atoms with E-state index in [1.165, 1.54) is 24.8 Å². The highest BCUT2D eigenvalue weighted by molar-refractivity contribution is 5.79. The van der Waals surface area contributed by atoms with E-state index in [-0.39, 0.29) is 5.41 Å². The maximum Gasteiger partial charge on any atom is 0.213 e. The van der Waals surface area contributed by atoms with Crippen molar-refractivity contribution in [3.8, 4) is 0 Å². The summed E-state index contributed by atoms with van der Waals surface area (Å²) in [6.07, 6.45) is 7.50. The van der Waals surface area contributed by atoms with Crippen molar-refractivity contribution in [2.75, 3.05) is 25.0 Å². The Balaban J connectivity index is 1.52. The second kappa shape index (κ2) is 9.08.